The normalized spacial score (nSPS) is 13.5. The smallest absolute Gasteiger partial charge is 0.0541 e. The minimum absolute atomic E-state index is 0.153. The lowest BCUT2D eigenvalue weighted by atomic mass is 9.82. The van der Waals surface area contributed by atoms with Crippen LogP contribution < -0.4 is 9.80 Å². The number of anilines is 6. The molecule has 1 heterocycles. The van der Waals surface area contributed by atoms with Crippen LogP contribution in [-0.2, 0) is 10.8 Å². The van der Waals surface area contributed by atoms with E-state index in [0.29, 0.717) is 0 Å². The molecular formula is C72H55N3. The lowest BCUT2D eigenvalue weighted by Crippen LogP contribution is -2.17. The van der Waals surface area contributed by atoms with E-state index in [9.17, 15) is 0 Å². The standard InChI is InChI=1S/C72H55N3/c1-71(2)64-29-17-14-26-57(64)59-40-37-55(46-66(59)71)73(51-22-10-6-11-23-51)54-39-43-69(74(52-24-12-7-13-25-52)56-38-41-60-58-27-15-18-30-65(58)72(3,4)67(60)47-56)62(45-54)50-34-42-70-63(44-50)61-28-16-19-31-68(61)75(70)53-35-32-49(33-36-53)48-20-8-5-9-21-48/h5-47H,1-4H3. The summed E-state index contributed by atoms with van der Waals surface area (Å²) in [7, 11) is 0. The molecule has 0 radical (unpaired) electrons. The fourth-order valence-electron chi connectivity index (χ4n) is 12.6. The van der Waals surface area contributed by atoms with E-state index in [1.165, 1.54) is 71.9 Å². The summed E-state index contributed by atoms with van der Waals surface area (Å²) in [4.78, 5) is 4.92. The number of nitrogens with zero attached hydrogens (tertiary/aromatic N) is 3. The summed E-state index contributed by atoms with van der Waals surface area (Å²) in [6.45, 7) is 9.47. The van der Waals surface area contributed by atoms with Crippen molar-refractivity contribution in [3.63, 3.8) is 0 Å². The first-order valence-corrected chi connectivity index (χ1v) is 26.3. The Morgan fingerprint density at radius 2 is 0.733 bits per heavy atom. The predicted molar refractivity (Wildman–Crippen MR) is 316 cm³/mol. The van der Waals surface area contributed by atoms with E-state index in [1.54, 1.807) is 0 Å². The molecule has 12 aromatic rings. The first kappa shape index (κ1) is 44.5. The van der Waals surface area contributed by atoms with Gasteiger partial charge in [0.25, 0.3) is 0 Å². The fourth-order valence-corrected chi connectivity index (χ4v) is 12.6. The Balaban J connectivity index is 0.993. The van der Waals surface area contributed by atoms with Gasteiger partial charge in [-0.2, -0.15) is 0 Å². The quantitative estimate of drug-likeness (QED) is 0.143. The van der Waals surface area contributed by atoms with Crippen LogP contribution in [0.2, 0.25) is 0 Å². The summed E-state index contributed by atoms with van der Waals surface area (Å²) in [6, 6.07) is 96.5. The van der Waals surface area contributed by atoms with Crippen molar-refractivity contribution in [1.29, 1.82) is 0 Å². The van der Waals surface area contributed by atoms with Gasteiger partial charge in [0.15, 0.2) is 0 Å². The summed E-state index contributed by atoms with van der Waals surface area (Å²) < 4.78 is 2.42. The second kappa shape index (κ2) is 17.2. The minimum atomic E-state index is -0.167. The molecule has 1 aromatic heterocycles. The number of para-hydroxylation sites is 3. The maximum atomic E-state index is 2.47. The molecule has 0 atom stereocenters. The molecule has 2 aliphatic rings. The second-order valence-electron chi connectivity index (χ2n) is 21.3. The molecule has 0 unspecified atom stereocenters. The second-order valence-corrected chi connectivity index (χ2v) is 21.3. The first-order chi connectivity index (χ1) is 36.7. The molecular weight excluding hydrogens is 907 g/mol. The molecule has 3 heteroatoms. The minimum Gasteiger partial charge on any atom is -0.310 e. The number of fused-ring (bicyclic) bond motifs is 9. The summed E-state index contributed by atoms with van der Waals surface area (Å²) >= 11 is 0. The van der Waals surface area contributed by atoms with Crippen LogP contribution in [0.3, 0.4) is 0 Å². The zero-order valence-corrected chi connectivity index (χ0v) is 42.7. The van der Waals surface area contributed by atoms with Gasteiger partial charge in [0, 0.05) is 61.3 Å². The van der Waals surface area contributed by atoms with Gasteiger partial charge in [-0.1, -0.05) is 191 Å². The molecule has 0 aliphatic heterocycles. The van der Waals surface area contributed by atoms with E-state index >= 15 is 0 Å². The Hall–Kier alpha value is -9.18. The van der Waals surface area contributed by atoms with E-state index in [4.69, 9.17) is 0 Å². The van der Waals surface area contributed by atoms with E-state index in [0.717, 1.165) is 56.5 Å². The number of benzene rings is 11. The number of hydrogen-bond acceptors (Lipinski definition) is 2. The predicted octanol–water partition coefficient (Wildman–Crippen LogP) is 19.7. The van der Waals surface area contributed by atoms with Gasteiger partial charge in [0.2, 0.25) is 0 Å². The van der Waals surface area contributed by atoms with E-state index < -0.39 is 0 Å². The number of hydrogen-bond donors (Lipinski definition) is 0. The van der Waals surface area contributed by atoms with Crippen molar-refractivity contribution < 1.29 is 0 Å². The molecule has 3 nitrogen and oxygen atoms in total. The van der Waals surface area contributed by atoms with Crippen molar-refractivity contribution in [2.75, 3.05) is 9.80 Å². The molecule has 75 heavy (non-hydrogen) atoms. The Labute approximate surface area is 439 Å². The first-order valence-electron chi connectivity index (χ1n) is 26.3. The van der Waals surface area contributed by atoms with Gasteiger partial charge in [-0.15, -0.1) is 0 Å². The lowest BCUT2D eigenvalue weighted by Gasteiger charge is -2.32. The molecule has 0 amide bonds. The zero-order valence-electron chi connectivity index (χ0n) is 42.7. The topological polar surface area (TPSA) is 11.4 Å². The molecule has 0 bridgehead atoms. The average molecular weight is 962 g/mol. The highest BCUT2D eigenvalue weighted by atomic mass is 15.2. The summed E-state index contributed by atoms with van der Waals surface area (Å²) in [5.74, 6) is 0. The Morgan fingerprint density at radius 1 is 0.280 bits per heavy atom. The summed E-state index contributed by atoms with van der Waals surface area (Å²) in [5.41, 5.74) is 25.1. The molecule has 14 rings (SSSR count). The van der Waals surface area contributed by atoms with Crippen LogP contribution in [0, 0.1) is 0 Å². The maximum absolute atomic E-state index is 2.47. The van der Waals surface area contributed by atoms with Gasteiger partial charge in [0.05, 0.1) is 16.7 Å². The van der Waals surface area contributed by atoms with Crippen LogP contribution in [0.25, 0.3) is 72.0 Å². The summed E-state index contributed by atoms with van der Waals surface area (Å²) in [5, 5.41) is 2.42. The number of rotatable bonds is 9. The van der Waals surface area contributed by atoms with Gasteiger partial charge in [0.1, 0.15) is 0 Å². The highest BCUT2D eigenvalue weighted by Crippen LogP contribution is 2.54. The van der Waals surface area contributed by atoms with Crippen LogP contribution in [0.4, 0.5) is 34.1 Å². The Bertz CT molecular complexity index is 4170. The Kier molecular flexibility index (Phi) is 10.2. The van der Waals surface area contributed by atoms with Crippen molar-refractivity contribution in [3.05, 3.63) is 283 Å². The van der Waals surface area contributed by atoms with Gasteiger partial charge in [-0.05, 0) is 158 Å². The lowest BCUT2D eigenvalue weighted by molar-refractivity contribution is 0.660. The van der Waals surface area contributed by atoms with E-state index in [-0.39, 0.29) is 10.8 Å². The third-order valence-electron chi connectivity index (χ3n) is 16.4. The van der Waals surface area contributed by atoms with Crippen LogP contribution >= 0.6 is 0 Å². The SMILES string of the molecule is CC1(C)c2ccccc2-c2ccc(N(c3ccccc3)c3ccc(N(c4ccccc4)c4ccc5c(c4)C(C)(C)c4ccccc4-5)c(-c4ccc5c(c4)c4ccccc4n5-c4ccc(-c5ccccc5)cc4)c3)cc21. The van der Waals surface area contributed by atoms with Crippen LogP contribution in [0.1, 0.15) is 49.9 Å². The van der Waals surface area contributed by atoms with Crippen molar-refractivity contribution in [2.45, 2.75) is 38.5 Å². The number of aromatic nitrogens is 1. The molecule has 11 aromatic carbocycles. The monoisotopic (exact) mass is 961 g/mol. The third-order valence-corrected chi connectivity index (χ3v) is 16.4. The van der Waals surface area contributed by atoms with Gasteiger partial charge in [-0.25, -0.2) is 0 Å². The molecule has 0 saturated carbocycles. The van der Waals surface area contributed by atoms with Crippen molar-refractivity contribution in [1.82, 2.24) is 4.57 Å². The van der Waals surface area contributed by atoms with E-state index in [1.807, 2.05) is 0 Å². The van der Waals surface area contributed by atoms with Crippen molar-refractivity contribution in [2.24, 2.45) is 0 Å². The van der Waals surface area contributed by atoms with Gasteiger partial charge < -0.3 is 14.4 Å². The van der Waals surface area contributed by atoms with Crippen molar-refractivity contribution >= 4 is 55.9 Å². The summed E-state index contributed by atoms with van der Waals surface area (Å²) in [6.07, 6.45) is 0. The van der Waals surface area contributed by atoms with Crippen LogP contribution in [-0.4, -0.2) is 4.57 Å². The third kappa shape index (κ3) is 7.10. The van der Waals surface area contributed by atoms with Gasteiger partial charge >= 0.3 is 0 Å². The van der Waals surface area contributed by atoms with Crippen LogP contribution in [0.15, 0.2) is 261 Å². The van der Waals surface area contributed by atoms with Gasteiger partial charge in [-0.3, -0.25) is 0 Å². The zero-order chi connectivity index (χ0) is 50.4. The molecule has 358 valence electrons. The molecule has 0 saturated heterocycles. The fraction of sp³-hybridized carbons (Fsp3) is 0.0833. The Morgan fingerprint density at radius 3 is 1.36 bits per heavy atom. The van der Waals surface area contributed by atoms with Crippen molar-refractivity contribution in [3.8, 4) is 50.2 Å². The maximum Gasteiger partial charge on any atom is 0.0541 e. The molecule has 0 fully saturated rings. The highest BCUT2D eigenvalue weighted by molar-refractivity contribution is 6.11. The largest absolute Gasteiger partial charge is 0.310 e. The van der Waals surface area contributed by atoms with Crippen LogP contribution in [0.5, 0.6) is 0 Å². The highest BCUT2D eigenvalue weighted by Gasteiger charge is 2.37. The van der Waals surface area contributed by atoms with E-state index in [2.05, 4.69) is 303 Å². The molecule has 0 N–H and O–H groups in total. The average Bonchev–Trinajstić information content (AvgIpc) is 4.02. The molecule has 2 aliphatic carbocycles. The molecule has 0 spiro atoms.